The lowest BCUT2D eigenvalue weighted by atomic mass is 9.95. The maximum Gasteiger partial charge on any atom is 0.256 e. The zero-order valence-corrected chi connectivity index (χ0v) is 11.9. The first-order valence-corrected chi connectivity index (χ1v) is 6.76. The molecule has 0 aromatic heterocycles. The zero-order valence-electron chi connectivity index (χ0n) is 11.9. The molecule has 0 N–H and O–H groups in total. The largest absolute Gasteiger partial charge is 0.335 e. The van der Waals surface area contributed by atoms with E-state index in [1.165, 1.54) is 0 Å². The molecule has 0 radical (unpaired) electrons. The van der Waals surface area contributed by atoms with Crippen LogP contribution in [0.2, 0.25) is 0 Å². The predicted octanol–water partition coefficient (Wildman–Crippen LogP) is 4.85. The average Bonchev–Trinajstić information content (AvgIpc) is 2.43. The molecule has 1 heterocycles. The number of nitrogens with zero attached hydrogens (tertiary/aromatic N) is 1. The Balaban J connectivity index is 2.52. The highest BCUT2D eigenvalue weighted by molar-refractivity contribution is 5.74. The molecule has 0 unspecified atom stereocenters. The molecule has 1 nitrogen and oxygen atoms in total. The summed E-state index contributed by atoms with van der Waals surface area (Å²) in [5, 5.41) is 0. The van der Waals surface area contributed by atoms with Crippen LogP contribution in [0.4, 0.5) is 8.78 Å². The van der Waals surface area contributed by atoms with Crippen molar-refractivity contribution in [1.29, 1.82) is 0 Å². The quantitative estimate of drug-likeness (QED) is 0.759. The van der Waals surface area contributed by atoms with Gasteiger partial charge in [-0.25, -0.2) is 8.78 Å². The fourth-order valence-corrected chi connectivity index (χ4v) is 2.56. The number of allylic oxidation sites excluding steroid dienone is 3. The Bertz CT molecular complexity index is 556. The van der Waals surface area contributed by atoms with Crippen LogP contribution in [0.15, 0.2) is 59.8 Å². The van der Waals surface area contributed by atoms with Crippen molar-refractivity contribution in [3.05, 3.63) is 65.4 Å². The summed E-state index contributed by atoms with van der Waals surface area (Å²) in [5.41, 5.74) is 4.47. The van der Waals surface area contributed by atoms with Gasteiger partial charge in [-0.1, -0.05) is 49.9 Å². The minimum atomic E-state index is -2.39. The lowest BCUT2D eigenvalue weighted by Crippen LogP contribution is -2.30. The fourth-order valence-electron chi connectivity index (χ4n) is 2.56. The molecule has 1 aromatic carbocycles. The predicted molar refractivity (Wildman–Crippen MR) is 79.3 cm³/mol. The van der Waals surface area contributed by atoms with Crippen molar-refractivity contribution < 1.29 is 8.78 Å². The Kier molecular flexibility index (Phi) is 4.38. The molecule has 0 atom stereocenters. The molecule has 0 bridgehead atoms. The Morgan fingerprint density at radius 2 is 1.85 bits per heavy atom. The van der Waals surface area contributed by atoms with E-state index in [2.05, 4.69) is 6.58 Å². The third-order valence-electron chi connectivity index (χ3n) is 3.48. The van der Waals surface area contributed by atoms with E-state index in [9.17, 15) is 8.78 Å². The van der Waals surface area contributed by atoms with Gasteiger partial charge in [0.05, 0.1) is 12.2 Å². The molecule has 0 amide bonds. The molecule has 0 saturated carbocycles. The highest BCUT2D eigenvalue weighted by Gasteiger charge is 2.25. The molecule has 0 saturated heterocycles. The van der Waals surface area contributed by atoms with Crippen molar-refractivity contribution in [3.8, 4) is 0 Å². The number of benzene rings is 1. The smallest absolute Gasteiger partial charge is 0.256 e. The van der Waals surface area contributed by atoms with Gasteiger partial charge in [-0.3, -0.25) is 0 Å². The van der Waals surface area contributed by atoms with E-state index in [1.54, 1.807) is 4.90 Å². The summed E-state index contributed by atoms with van der Waals surface area (Å²) in [7, 11) is 0. The third kappa shape index (κ3) is 2.82. The molecule has 106 valence electrons. The summed E-state index contributed by atoms with van der Waals surface area (Å²) in [5.74, 6) is 0. The molecule has 2 rings (SSSR count). The van der Waals surface area contributed by atoms with Crippen molar-refractivity contribution in [3.63, 3.8) is 0 Å². The molecule has 1 aliphatic heterocycles. The van der Waals surface area contributed by atoms with Gasteiger partial charge in [0.1, 0.15) is 0 Å². The van der Waals surface area contributed by atoms with Gasteiger partial charge in [-0.2, -0.15) is 0 Å². The molecule has 3 heteroatoms. The van der Waals surface area contributed by atoms with E-state index >= 15 is 0 Å². The Hall–Kier alpha value is -1.90. The standard InChI is InChI=1S/C17H19F2N/c1-4-14-10-12(2)17(15-8-6-5-7-9-15)20(13(14)3)11-16(18)19/h5-10,16H,3-4,11H2,1-2H3. The zero-order chi connectivity index (χ0) is 14.7. The lowest BCUT2D eigenvalue weighted by molar-refractivity contribution is 0.122. The Morgan fingerprint density at radius 3 is 2.40 bits per heavy atom. The second-order valence-corrected chi connectivity index (χ2v) is 4.87. The van der Waals surface area contributed by atoms with Crippen molar-refractivity contribution in [1.82, 2.24) is 4.90 Å². The first-order valence-electron chi connectivity index (χ1n) is 6.76. The molecule has 20 heavy (non-hydrogen) atoms. The summed E-state index contributed by atoms with van der Waals surface area (Å²) in [6.45, 7) is 7.65. The van der Waals surface area contributed by atoms with Gasteiger partial charge in [-0.05, 0) is 30.1 Å². The van der Waals surface area contributed by atoms with Crippen molar-refractivity contribution in [2.75, 3.05) is 6.54 Å². The summed E-state index contributed by atoms with van der Waals surface area (Å²) in [6, 6.07) is 9.63. The summed E-state index contributed by atoms with van der Waals surface area (Å²) < 4.78 is 25.8. The summed E-state index contributed by atoms with van der Waals surface area (Å²) in [6.07, 6.45) is 0.444. The van der Waals surface area contributed by atoms with Gasteiger partial charge in [0, 0.05) is 5.70 Å². The van der Waals surface area contributed by atoms with Crippen LogP contribution in [0.1, 0.15) is 25.8 Å². The molecular formula is C17H19F2N. The maximum atomic E-state index is 12.9. The molecule has 0 spiro atoms. The van der Waals surface area contributed by atoms with Gasteiger partial charge >= 0.3 is 0 Å². The van der Waals surface area contributed by atoms with E-state index in [1.807, 2.05) is 50.3 Å². The Morgan fingerprint density at radius 1 is 1.20 bits per heavy atom. The summed E-state index contributed by atoms with van der Waals surface area (Å²) >= 11 is 0. The number of alkyl halides is 2. The van der Waals surface area contributed by atoms with Crippen LogP contribution in [-0.2, 0) is 0 Å². The molecular weight excluding hydrogens is 256 g/mol. The van der Waals surface area contributed by atoms with E-state index in [4.69, 9.17) is 0 Å². The van der Waals surface area contributed by atoms with Crippen molar-refractivity contribution in [2.24, 2.45) is 0 Å². The third-order valence-corrected chi connectivity index (χ3v) is 3.48. The monoisotopic (exact) mass is 275 g/mol. The fraction of sp³-hybridized carbons (Fsp3) is 0.294. The van der Waals surface area contributed by atoms with Crippen molar-refractivity contribution in [2.45, 2.75) is 26.7 Å². The second kappa shape index (κ2) is 6.04. The first kappa shape index (κ1) is 14.5. The lowest BCUT2D eigenvalue weighted by Gasteiger charge is -2.35. The Labute approximate surface area is 118 Å². The molecule has 0 fully saturated rings. The highest BCUT2D eigenvalue weighted by atomic mass is 19.3. The van der Waals surface area contributed by atoms with Gasteiger partial charge in [-0.15, -0.1) is 0 Å². The number of halogens is 2. The molecule has 0 aliphatic carbocycles. The second-order valence-electron chi connectivity index (χ2n) is 4.87. The van der Waals surface area contributed by atoms with Crippen LogP contribution in [0.25, 0.3) is 5.70 Å². The van der Waals surface area contributed by atoms with Crippen LogP contribution >= 0.6 is 0 Å². The van der Waals surface area contributed by atoms with Crippen LogP contribution in [0.3, 0.4) is 0 Å². The normalized spacial score (nSPS) is 15.9. The van der Waals surface area contributed by atoms with Crippen molar-refractivity contribution >= 4 is 5.70 Å². The van der Waals surface area contributed by atoms with E-state index in [0.717, 1.165) is 28.8 Å². The van der Waals surface area contributed by atoms with E-state index in [0.29, 0.717) is 5.70 Å². The van der Waals surface area contributed by atoms with Gasteiger partial charge < -0.3 is 4.90 Å². The molecule has 1 aromatic rings. The van der Waals surface area contributed by atoms with Gasteiger partial charge in [0.2, 0.25) is 0 Å². The topological polar surface area (TPSA) is 3.24 Å². The van der Waals surface area contributed by atoms with Crippen LogP contribution < -0.4 is 0 Å². The SMILES string of the molecule is C=C1C(CC)=CC(C)=C(c2ccccc2)N1CC(F)F. The minimum Gasteiger partial charge on any atom is -0.335 e. The first-order chi connectivity index (χ1) is 9.54. The van der Waals surface area contributed by atoms with Gasteiger partial charge in [0.25, 0.3) is 6.43 Å². The van der Waals surface area contributed by atoms with Gasteiger partial charge in [0.15, 0.2) is 0 Å². The number of hydrogen-bond acceptors (Lipinski definition) is 1. The maximum absolute atomic E-state index is 12.9. The van der Waals surface area contributed by atoms with E-state index in [-0.39, 0.29) is 6.54 Å². The number of rotatable bonds is 4. The van der Waals surface area contributed by atoms with Crippen LogP contribution in [-0.4, -0.2) is 17.9 Å². The average molecular weight is 275 g/mol. The van der Waals surface area contributed by atoms with Crippen LogP contribution in [0.5, 0.6) is 0 Å². The van der Waals surface area contributed by atoms with Crippen LogP contribution in [0, 0.1) is 0 Å². The molecule has 1 aliphatic rings. The highest BCUT2D eigenvalue weighted by Crippen LogP contribution is 2.36. The summed E-state index contributed by atoms with van der Waals surface area (Å²) in [4.78, 5) is 1.65. The minimum absolute atomic E-state index is 0.322. The number of hydrogen-bond donors (Lipinski definition) is 0. The van der Waals surface area contributed by atoms with E-state index < -0.39 is 6.43 Å².